The Labute approximate surface area is 186 Å². The zero-order chi connectivity index (χ0) is 18.6. The van der Waals surface area contributed by atoms with E-state index >= 15 is 0 Å². The largest absolute Gasteiger partial charge is 0.325 e. The second-order valence-corrected chi connectivity index (χ2v) is 7.27. The molecule has 29 heavy (non-hydrogen) atoms. The van der Waals surface area contributed by atoms with Crippen molar-refractivity contribution in [1.82, 2.24) is 19.9 Å². The highest BCUT2D eigenvalue weighted by Crippen LogP contribution is 2.23. The molecule has 154 valence electrons. The van der Waals surface area contributed by atoms with Crippen molar-refractivity contribution in [1.29, 1.82) is 0 Å². The zero-order valence-electron chi connectivity index (χ0n) is 15.8. The maximum atomic E-state index is 12.3. The van der Waals surface area contributed by atoms with Crippen LogP contribution in [0.5, 0.6) is 0 Å². The highest BCUT2D eigenvalue weighted by molar-refractivity contribution is 7.13. The van der Waals surface area contributed by atoms with Crippen LogP contribution in [0.15, 0.2) is 48.1 Å². The molecule has 0 radical (unpaired) electrons. The predicted octanol–water partition coefficient (Wildman–Crippen LogP) is 3.86. The van der Waals surface area contributed by atoms with Crippen molar-refractivity contribution in [3.8, 4) is 10.7 Å². The van der Waals surface area contributed by atoms with E-state index in [1.54, 1.807) is 23.7 Å². The van der Waals surface area contributed by atoms with Gasteiger partial charge in [-0.15, -0.1) is 36.2 Å². The first-order valence-electron chi connectivity index (χ1n) is 8.78. The summed E-state index contributed by atoms with van der Waals surface area (Å²) in [5, 5.41) is 6.02. The third-order valence-corrected chi connectivity index (χ3v) is 5.23. The molecule has 1 aliphatic rings. The van der Waals surface area contributed by atoms with E-state index in [9.17, 15) is 4.79 Å². The molecular weight excluding hydrogens is 431 g/mol. The maximum absolute atomic E-state index is 12.3. The van der Waals surface area contributed by atoms with Crippen molar-refractivity contribution in [3.63, 3.8) is 0 Å². The molecule has 1 N–H and O–H groups in total. The number of carbonyl (C=O) groups is 1. The number of anilines is 3. The number of hydrogen-bond donors (Lipinski definition) is 1. The zero-order valence-corrected chi connectivity index (χ0v) is 18.3. The van der Waals surface area contributed by atoms with Gasteiger partial charge < -0.3 is 15.1 Å². The fraction of sp³-hybridized carbons (Fsp3) is 0.263. The average Bonchev–Trinajstić information content (AvgIpc) is 3.17. The molecule has 0 atom stereocenters. The summed E-state index contributed by atoms with van der Waals surface area (Å²) in [7, 11) is 2.04. The first-order valence-corrected chi connectivity index (χ1v) is 9.66. The number of amides is 1. The second kappa shape index (κ2) is 10.5. The van der Waals surface area contributed by atoms with Crippen molar-refractivity contribution in [2.24, 2.45) is 0 Å². The molecule has 0 unspecified atom stereocenters. The van der Waals surface area contributed by atoms with E-state index in [-0.39, 0.29) is 30.7 Å². The molecule has 7 nitrogen and oxygen atoms in total. The van der Waals surface area contributed by atoms with Gasteiger partial charge >= 0.3 is 0 Å². The number of rotatable bonds is 4. The molecule has 3 aromatic heterocycles. The fourth-order valence-corrected chi connectivity index (χ4v) is 3.53. The highest BCUT2D eigenvalue weighted by Gasteiger charge is 2.20. The second-order valence-electron chi connectivity index (χ2n) is 6.37. The molecule has 1 aliphatic heterocycles. The smallest absolute Gasteiger partial charge is 0.228 e. The quantitative estimate of drug-likeness (QED) is 0.647. The third-order valence-electron chi connectivity index (χ3n) is 4.43. The van der Waals surface area contributed by atoms with Gasteiger partial charge in [0, 0.05) is 37.6 Å². The van der Waals surface area contributed by atoms with Crippen molar-refractivity contribution < 1.29 is 4.79 Å². The lowest BCUT2D eigenvalue weighted by Gasteiger charge is -2.20. The van der Waals surface area contributed by atoms with E-state index in [1.807, 2.05) is 47.7 Å². The van der Waals surface area contributed by atoms with Crippen LogP contribution in [0.25, 0.3) is 10.7 Å². The Morgan fingerprint density at radius 1 is 1.03 bits per heavy atom. The van der Waals surface area contributed by atoms with Crippen molar-refractivity contribution in [2.75, 3.05) is 36.9 Å². The van der Waals surface area contributed by atoms with E-state index in [1.165, 1.54) is 0 Å². The molecule has 0 spiro atoms. The Hall–Kier alpha value is -2.26. The molecule has 1 saturated heterocycles. The summed E-state index contributed by atoms with van der Waals surface area (Å²) in [5.74, 6) is 1.53. The van der Waals surface area contributed by atoms with Crippen LogP contribution < -0.4 is 10.2 Å². The van der Waals surface area contributed by atoms with Gasteiger partial charge in [0.2, 0.25) is 5.91 Å². The number of pyridine rings is 2. The molecule has 0 aromatic carbocycles. The highest BCUT2D eigenvalue weighted by atomic mass is 35.5. The Bertz CT molecular complexity index is 923. The van der Waals surface area contributed by atoms with Gasteiger partial charge in [-0.25, -0.2) is 15.0 Å². The van der Waals surface area contributed by atoms with Gasteiger partial charge in [-0.05, 0) is 31.3 Å². The lowest BCUT2D eigenvalue weighted by Crippen LogP contribution is -2.32. The molecule has 4 heterocycles. The number of hydrogen-bond acceptors (Lipinski definition) is 7. The number of carbonyl (C=O) groups excluding carboxylic acids is 1. The Balaban J connectivity index is 0.00000150. The molecular formula is C19H22Cl2N6OS. The molecule has 1 amide bonds. The lowest BCUT2D eigenvalue weighted by molar-refractivity contribution is -0.118. The monoisotopic (exact) mass is 452 g/mol. The molecule has 1 fully saturated rings. The van der Waals surface area contributed by atoms with Crippen molar-refractivity contribution in [2.45, 2.75) is 6.42 Å². The van der Waals surface area contributed by atoms with Crippen molar-refractivity contribution in [3.05, 3.63) is 48.1 Å². The minimum absolute atomic E-state index is 0. The van der Waals surface area contributed by atoms with Crippen LogP contribution in [0, 0.1) is 0 Å². The van der Waals surface area contributed by atoms with E-state index in [2.05, 4.69) is 25.2 Å². The normalized spacial score (nSPS) is 14.5. The maximum Gasteiger partial charge on any atom is 0.228 e. The summed E-state index contributed by atoms with van der Waals surface area (Å²) in [6.45, 7) is 2.34. The van der Waals surface area contributed by atoms with Gasteiger partial charge in [0.05, 0.1) is 11.9 Å². The van der Waals surface area contributed by atoms with Crippen LogP contribution in [0.1, 0.15) is 6.42 Å². The summed E-state index contributed by atoms with van der Waals surface area (Å²) in [6.07, 6.45) is 4.03. The molecule has 0 bridgehead atoms. The first-order chi connectivity index (χ1) is 13.2. The molecule has 0 saturated carbocycles. The lowest BCUT2D eigenvalue weighted by atomic mass is 10.3. The van der Waals surface area contributed by atoms with E-state index < -0.39 is 0 Å². The van der Waals surface area contributed by atoms with Crippen LogP contribution in [-0.2, 0) is 4.79 Å². The predicted molar refractivity (Wildman–Crippen MR) is 122 cm³/mol. The fourth-order valence-electron chi connectivity index (χ4n) is 2.93. The number of thiazole rings is 1. The topological polar surface area (TPSA) is 74.2 Å². The SMILES string of the molecule is CN1CCC(=O)N(c2ccc(Nc3cccc(-c4nccs4)n3)nc2)CC1.Cl.Cl. The van der Waals surface area contributed by atoms with Gasteiger partial charge in [0.25, 0.3) is 0 Å². The van der Waals surface area contributed by atoms with Gasteiger partial charge in [-0.3, -0.25) is 4.79 Å². The number of nitrogens with zero attached hydrogens (tertiary/aromatic N) is 5. The van der Waals surface area contributed by atoms with Crippen LogP contribution in [0.2, 0.25) is 0 Å². The van der Waals surface area contributed by atoms with Crippen LogP contribution in [0.3, 0.4) is 0 Å². The Morgan fingerprint density at radius 3 is 2.62 bits per heavy atom. The minimum Gasteiger partial charge on any atom is -0.325 e. The van der Waals surface area contributed by atoms with E-state index in [0.29, 0.717) is 24.6 Å². The van der Waals surface area contributed by atoms with Gasteiger partial charge in [0.15, 0.2) is 0 Å². The minimum atomic E-state index is 0. The van der Waals surface area contributed by atoms with E-state index in [4.69, 9.17) is 0 Å². The summed E-state index contributed by atoms with van der Waals surface area (Å²) >= 11 is 1.55. The van der Waals surface area contributed by atoms with Crippen molar-refractivity contribution >= 4 is 59.4 Å². The number of nitrogens with one attached hydrogen (secondary N) is 1. The standard InChI is InChI=1S/C19H20N6OS.2ClH/c1-24-9-7-18(26)25(11-10-24)14-5-6-16(21-13-14)23-17-4-2-3-15(22-17)19-20-8-12-27-19;;/h2-6,8,12-13H,7,9-11H2,1H3,(H,21,22,23);2*1H. The van der Waals surface area contributed by atoms with Crippen LogP contribution in [0.4, 0.5) is 17.3 Å². The Morgan fingerprint density at radius 2 is 1.90 bits per heavy atom. The molecule has 10 heteroatoms. The summed E-state index contributed by atoms with van der Waals surface area (Å²) in [5.41, 5.74) is 1.65. The Kier molecular flexibility index (Phi) is 8.33. The van der Waals surface area contributed by atoms with Crippen LogP contribution in [-0.4, -0.2) is 52.4 Å². The molecule has 3 aromatic rings. The first kappa shape index (κ1) is 23.0. The average molecular weight is 453 g/mol. The van der Waals surface area contributed by atoms with Crippen LogP contribution >= 0.6 is 36.2 Å². The van der Waals surface area contributed by atoms with E-state index in [0.717, 1.165) is 29.5 Å². The molecule has 4 rings (SSSR count). The summed E-state index contributed by atoms with van der Waals surface area (Å²) in [6, 6.07) is 9.55. The van der Waals surface area contributed by atoms with Gasteiger partial charge in [-0.1, -0.05) is 6.07 Å². The third kappa shape index (κ3) is 5.63. The van der Waals surface area contributed by atoms with Gasteiger partial charge in [-0.2, -0.15) is 0 Å². The van der Waals surface area contributed by atoms with Gasteiger partial charge in [0.1, 0.15) is 22.3 Å². The number of likely N-dealkylation sites (N-methyl/N-ethyl adjacent to an activating group) is 1. The summed E-state index contributed by atoms with van der Waals surface area (Å²) < 4.78 is 0. The molecule has 0 aliphatic carbocycles. The summed E-state index contributed by atoms with van der Waals surface area (Å²) in [4.78, 5) is 29.6. The number of halogens is 2. The number of aromatic nitrogens is 3.